The Morgan fingerprint density at radius 1 is 0.941 bits per heavy atom. The van der Waals surface area contributed by atoms with E-state index in [1.807, 2.05) is 43.3 Å². The van der Waals surface area contributed by atoms with Crippen molar-refractivity contribution in [3.8, 4) is 34.4 Å². The molecule has 172 valence electrons. The number of aryl methyl sites for hydroxylation is 1. The lowest BCUT2D eigenvalue weighted by atomic mass is 10.1. The fraction of sp³-hybridized carbons (Fsp3) is 0.192. The molecular weight excluding hydrogens is 454 g/mol. The smallest absolute Gasteiger partial charge is 0.251 e. The first-order valence-electron chi connectivity index (χ1n) is 10.9. The molecule has 1 aromatic heterocycles. The number of carbonyl (C=O) groups is 1. The summed E-state index contributed by atoms with van der Waals surface area (Å²) in [5, 5.41) is 11.7. The minimum atomic E-state index is -0.166. The van der Waals surface area contributed by atoms with E-state index in [2.05, 4.69) is 15.5 Å². The molecule has 0 bridgehead atoms. The number of fused-ring (bicyclic) bond motifs is 1. The van der Waals surface area contributed by atoms with E-state index in [1.165, 1.54) is 0 Å². The lowest BCUT2D eigenvalue weighted by molar-refractivity contribution is 0.0954. The van der Waals surface area contributed by atoms with E-state index in [1.54, 1.807) is 24.3 Å². The average Bonchev–Trinajstić information content (AvgIpc) is 3.35. The Balaban J connectivity index is 1.19. The summed E-state index contributed by atoms with van der Waals surface area (Å²) in [6.45, 7) is 3.46. The van der Waals surface area contributed by atoms with Gasteiger partial charge in [0.2, 0.25) is 11.8 Å². The maximum Gasteiger partial charge on any atom is 0.251 e. The summed E-state index contributed by atoms with van der Waals surface area (Å²) in [5.41, 5.74) is 4.27. The second kappa shape index (κ2) is 9.57. The van der Waals surface area contributed by atoms with Gasteiger partial charge in [-0.25, -0.2) is 0 Å². The van der Waals surface area contributed by atoms with Gasteiger partial charge in [0.15, 0.2) is 11.5 Å². The second-order valence-electron chi connectivity index (χ2n) is 7.96. The predicted octanol–water partition coefficient (Wildman–Crippen LogP) is 5.11. The fourth-order valence-corrected chi connectivity index (χ4v) is 3.94. The zero-order chi connectivity index (χ0) is 23.5. The number of benzene rings is 3. The Hall–Kier alpha value is -3.84. The van der Waals surface area contributed by atoms with Gasteiger partial charge in [0.25, 0.3) is 5.91 Å². The average molecular weight is 476 g/mol. The van der Waals surface area contributed by atoms with Crippen LogP contribution in [0.1, 0.15) is 21.5 Å². The van der Waals surface area contributed by atoms with Crippen molar-refractivity contribution in [1.29, 1.82) is 0 Å². The molecule has 8 heteroatoms. The van der Waals surface area contributed by atoms with Crippen LogP contribution in [0.25, 0.3) is 22.9 Å². The summed E-state index contributed by atoms with van der Waals surface area (Å²) in [6.07, 6.45) is 0.615. The van der Waals surface area contributed by atoms with Crippen molar-refractivity contribution in [2.75, 3.05) is 19.8 Å². The van der Waals surface area contributed by atoms with Gasteiger partial charge in [0.1, 0.15) is 13.2 Å². The van der Waals surface area contributed by atoms with Crippen LogP contribution in [0.4, 0.5) is 0 Å². The van der Waals surface area contributed by atoms with Crippen molar-refractivity contribution >= 4 is 17.5 Å². The minimum Gasteiger partial charge on any atom is -0.486 e. The molecule has 7 nitrogen and oxygen atoms in total. The van der Waals surface area contributed by atoms with E-state index in [-0.39, 0.29) is 5.91 Å². The number of rotatable bonds is 6. The molecule has 34 heavy (non-hydrogen) atoms. The molecule has 0 saturated heterocycles. The van der Waals surface area contributed by atoms with Crippen molar-refractivity contribution in [2.24, 2.45) is 0 Å². The Morgan fingerprint density at radius 3 is 2.29 bits per heavy atom. The van der Waals surface area contributed by atoms with E-state index in [9.17, 15) is 4.79 Å². The highest BCUT2D eigenvalue weighted by atomic mass is 35.5. The van der Waals surface area contributed by atoms with Gasteiger partial charge in [-0.1, -0.05) is 29.3 Å². The summed E-state index contributed by atoms with van der Waals surface area (Å²) in [7, 11) is 0. The molecule has 1 amide bonds. The summed E-state index contributed by atoms with van der Waals surface area (Å²) >= 11 is 6.28. The van der Waals surface area contributed by atoms with Crippen LogP contribution in [-0.2, 0) is 6.42 Å². The molecule has 1 N–H and O–H groups in total. The molecule has 0 saturated carbocycles. The minimum absolute atomic E-state index is 0.166. The molecule has 3 aromatic carbocycles. The van der Waals surface area contributed by atoms with Crippen molar-refractivity contribution in [3.63, 3.8) is 0 Å². The highest BCUT2D eigenvalue weighted by Crippen LogP contribution is 2.38. The number of nitrogens with zero attached hydrogens (tertiary/aromatic N) is 2. The van der Waals surface area contributed by atoms with Crippen LogP contribution in [0.2, 0.25) is 5.02 Å². The van der Waals surface area contributed by atoms with Gasteiger partial charge < -0.3 is 19.2 Å². The highest BCUT2D eigenvalue weighted by Gasteiger charge is 2.17. The van der Waals surface area contributed by atoms with Gasteiger partial charge in [0.05, 0.1) is 5.02 Å². The molecule has 0 radical (unpaired) electrons. The first kappa shape index (κ1) is 22.0. The number of aromatic nitrogens is 2. The molecule has 0 spiro atoms. The number of carbonyl (C=O) groups excluding carboxylic acids is 1. The number of ether oxygens (including phenoxy) is 2. The quantitative estimate of drug-likeness (QED) is 0.417. The summed E-state index contributed by atoms with van der Waals surface area (Å²) in [4.78, 5) is 12.6. The standard InChI is InChI=1S/C26H22ClN3O4/c1-16-2-4-19(5-3-16)25-29-30-26(34-25)20-8-6-18(7-9-20)24(31)28-11-10-17-14-21(27)23-22(15-17)32-12-13-33-23/h2-9,14-15H,10-13H2,1H3,(H,28,31). The van der Waals surface area contributed by atoms with Crippen molar-refractivity contribution in [2.45, 2.75) is 13.3 Å². The zero-order valence-electron chi connectivity index (χ0n) is 18.5. The summed E-state index contributed by atoms with van der Waals surface area (Å²) < 4.78 is 17.0. The first-order valence-corrected chi connectivity index (χ1v) is 11.3. The van der Waals surface area contributed by atoms with E-state index in [0.717, 1.165) is 22.3 Å². The van der Waals surface area contributed by atoms with E-state index < -0.39 is 0 Å². The SMILES string of the molecule is Cc1ccc(-c2nnc(-c3ccc(C(=O)NCCc4cc(Cl)c5c(c4)OCCO5)cc3)o2)cc1. The Labute approximate surface area is 201 Å². The molecule has 0 unspecified atom stereocenters. The van der Waals surface area contributed by atoms with Crippen LogP contribution in [0.3, 0.4) is 0 Å². The molecule has 0 atom stereocenters. The van der Waals surface area contributed by atoms with Crippen molar-refractivity contribution in [3.05, 3.63) is 82.4 Å². The molecule has 0 fully saturated rings. The largest absolute Gasteiger partial charge is 0.486 e. The van der Waals surface area contributed by atoms with Gasteiger partial charge in [-0.05, 0) is 67.4 Å². The molecule has 5 rings (SSSR count). The van der Waals surface area contributed by atoms with Crippen LogP contribution >= 0.6 is 11.6 Å². The molecule has 2 heterocycles. The Bertz CT molecular complexity index is 1320. The van der Waals surface area contributed by atoms with Crippen LogP contribution in [0, 0.1) is 6.92 Å². The highest BCUT2D eigenvalue weighted by molar-refractivity contribution is 6.32. The lowest BCUT2D eigenvalue weighted by Crippen LogP contribution is -2.25. The third-order valence-electron chi connectivity index (χ3n) is 5.47. The molecular formula is C26H22ClN3O4. The van der Waals surface area contributed by atoms with Gasteiger partial charge in [-0.2, -0.15) is 0 Å². The van der Waals surface area contributed by atoms with Crippen LogP contribution in [0.5, 0.6) is 11.5 Å². The maximum atomic E-state index is 12.6. The van der Waals surface area contributed by atoms with Gasteiger partial charge >= 0.3 is 0 Å². The molecule has 1 aliphatic heterocycles. The fourth-order valence-electron chi connectivity index (χ4n) is 3.65. The Morgan fingerprint density at radius 2 is 1.59 bits per heavy atom. The topological polar surface area (TPSA) is 86.5 Å². The first-order chi connectivity index (χ1) is 16.6. The van der Waals surface area contributed by atoms with Gasteiger partial charge in [-0.3, -0.25) is 4.79 Å². The number of nitrogens with one attached hydrogen (secondary N) is 1. The Kier molecular flexibility index (Phi) is 6.18. The van der Waals surface area contributed by atoms with Gasteiger partial charge in [0, 0.05) is 23.2 Å². The van der Waals surface area contributed by atoms with E-state index >= 15 is 0 Å². The number of amides is 1. The van der Waals surface area contributed by atoms with Crippen LogP contribution < -0.4 is 14.8 Å². The van der Waals surface area contributed by atoms with E-state index in [0.29, 0.717) is 60.0 Å². The second-order valence-corrected chi connectivity index (χ2v) is 8.37. The molecule has 4 aromatic rings. The van der Waals surface area contributed by atoms with Crippen LogP contribution in [-0.4, -0.2) is 35.9 Å². The van der Waals surface area contributed by atoms with E-state index in [4.69, 9.17) is 25.5 Å². The number of hydrogen-bond donors (Lipinski definition) is 1. The summed E-state index contributed by atoms with van der Waals surface area (Å²) in [5.74, 6) is 1.91. The summed E-state index contributed by atoms with van der Waals surface area (Å²) in [6, 6.07) is 18.7. The van der Waals surface area contributed by atoms with Crippen molar-refractivity contribution < 1.29 is 18.7 Å². The third-order valence-corrected chi connectivity index (χ3v) is 5.75. The lowest BCUT2D eigenvalue weighted by Gasteiger charge is -2.20. The zero-order valence-corrected chi connectivity index (χ0v) is 19.3. The number of halogens is 1. The monoisotopic (exact) mass is 475 g/mol. The third kappa shape index (κ3) is 4.75. The maximum absolute atomic E-state index is 12.6. The number of hydrogen-bond acceptors (Lipinski definition) is 6. The van der Waals surface area contributed by atoms with Crippen molar-refractivity contribution in [1.82, 2.24) is 15.5 Å². The van der Waals surface area contributed by atoms with Crippen LogP contribution in [0.15, 0.2) is 65.1 Å². The molecule has 1 aliphatic rings. The predicted molar refractivity (Wildman–Crippen MR) is 128 cm³/mol. The van der Waals surface area contributed by atoms with Gasteiger partial charge in [-0.15, -0.1) is 10.2 Å². The molecule has 0 aliphatic carbocycles. The normalized spacial score (nSPS) is 12.4.